The van der Waals surface area contributed by atoms with Crippen molar-refractivity contribution in [2.24, 2.45) is 0 Å². The molecule has 1 amide bonds. The van der Waals surface area contributed by atoms with E-state index in [9.17, 15) is 10.1 Å². The minimum atomic E-state index is 0.0536. The highest BCUT2D eigenvalue weighted by molar-refractivity contribution is 5.85. The van der Waals surface area contributed by atoms with Gasteiger partial charge in [0.1, 0.15) is 24.2 Å². The third kappa shape index (κ3) is 5.68. The van der Waals surface area contributed by atoms with E-state index < -0.39 is 0 Å². The number of nitrogens with zero attached hydrogens (tertiary/aromatic N) is 8. The van der Waals surface area contributed by atoms with Crippen molar-refractivity contribution in [3.8, 4) is 22.9 Å². The van der Waals surface area contributed by atoms with Crippen LogP contribution in [0, 0.1) is 11.3 Å². The van der Waals surface area contributed by atoms with Gasteiger partial charge in [0.15, 0.2) is 0 Å². The maximum Gasteiger partial charge on any atom is 0.225 e. The molecule has 3 aromatic heterocycles. The van der Waals surface area contributed by atoms with Gasteiger partial charge in [-0.2, -0.15) is 10.4 Å². The van der Waals surface area contributed by atoms with E-state index in [0.29, 0.717) is 36.4 Å². The number of carbonyl (C=O) groups excluding carboxylic acids is 1. The Morgan fingerprint density at radius 1 is 1.06 bits per heavy atom. The molecule has 4 aromatic rings. The lowest BCUT2D eigenvalue weighted by Gasteiger charge is -2.56. The molecule has 5 aliphatic heterocycles. The van der Waals surface area contributed by atoms with Crippen LogP contribution in [0.25, 0.3) is 16.6 Å². The van der Waals surface area contributed by atoms with Gasteiger partial charge in [-0.15, -0.1) is 0 Å². The molecule has 5 atom stereocenters. The number of piperazine rings is 1. The number of amides is 1. The number of pyridine rings is 2. The number of aromatic nitrogens is 3. The number of ether oxygens (including phenoxy) is 2. The lowest BCUT2D eigenvalue weighted by molar-refractivity contribution is -0.147. The van der Waals surface area contributed by atoms with Gasteiger partial charge in [0.05, 0.1) is 48.8 Å². The molecule has 4 bridgehead atoms. The van der Waals surface area contributed by atoms with Gasteiger partial charge in [-0.3, -0.25) is 9.69 Å². The van der Waals surface area contributed by atoms with Gasteiger partial charge < -0.3 is 24.2 Å². The first-order valence-electron chi connectivity index (χ1n) is 17.1. The van der Waals surface area contributed by atoms with Gasteiger partial charge in [0, 0.05) is 61.5 Å². The van der Waals surface area contributed by atoms with Crippen LogP contribution in [0.3, 0.4) is 0 Å². The predicted octanol–water partition coefficient (Wildman–Crippen LogP) is 3.99. The van der Waals surface area contributed by atoms with Crippen LogP contribution in [0.2, 0.25) is 0 Å². The summed E-state index contributed by atoms with van der Waals surface area (Å²) >= 11 is 0. The van der Waals surface area contributed by atoms with Crippen molar-refractivity contribution < 1.29 is 14.3 Å². The van der Waals surface area contributed by atoms with Gasteiger partial charge in [-0.05, 0) is 57.1 Å². The molecule has 5 unspecified atom stereocenters. The number of hydrogen-bond donors (Lipinski definition) is 0. The molecule has 5 fully saturated rings. The average molecular weight is 647 g/mol. The zero-order chi connectivity index (χ0) is 32.8. The molecule has 0 aliphatic carbocycles. The number of piperidine rings is 1. The molecular weight excluding hydrogens is 604 g/mol. The number of nitriles is 1. The van der Waals surface area contributed by atoms with Crippen LogP contribution in [-0.2, 0) is 9.53 Å². The van der Waals surface area contributed by atoms with Crippen LogP contribution >= 0.6 is 0 Å². The molecule has 8 heterocycles. The molecule has 11 heteroatoms. The van der Waals surface area contributed by atoms with E-state index in [4.69, 9.17) is 14.5 Å². The smallest absolute Gasteiger partial charge is 0.225 e. The second kappa shape index (κ2) is 12.8. The Kier molecular flexibility index (Phi) is 8.24. The van der Waals surface area contributed by atoms with Crippen molar-refractivity contribution in [2.45, 2.75) is 55.9 Å². The molecule has 1 aromatic carbocycles. The Labute approximate surface area is 281 Å². The zero-order valence-corrected chi connectivity index (χ0v) is 27.6. The molecule has 5 saturated heterocycles. The maximum absolute atomic E-state index is 13.5. The van der Waals surface area contributed by atoms with Crippen molar-refractivity contribution in [3.05, 3.63) is 78.2 Å². The lowest BCUT2D eigenvalue weighted by atomic mass is 9.86. The highest BCUT2D eigenvalue weighted by Crippen LogP contribution is 2.37. The van der Waals surface area contributed by atoms with Crippen LogP contribution in [-0.4, -0.2) is 113 Å². The fourth-order valence-electron chi connectivity index (χ4n) is 8.31. The van der Waals surface area contributed by atoms with Gasteiger partial charge in [0.2, 0.25) is 5.91 Å². The molecule has 48 heavy (non-hydrogen) atoms. The van der Waals surface area contributed by atoms with Crippen LogP contribution in [0.15, 0.2) is 67.1 Å². The normalized spacial score (nSPS) is 24.0. The summed E-state index contributed by atoms with van der Waals surface area (Å²) in [5.41, 5.74) is 4.17. The maximum atomic E-state index is 13.5. The first-order chi connectivity index (χ1) is 23.5. The summed E-state index contributed by atoms with van der Waals surface area (Å²) in [6, 6.07) is 20.1. The largest absolute Gasteiger partial charge is 0.491 e. The molecule has 0 spiro atoms. The average Bonchev–Trinajstić information content (AvgIpc) is 3.61. The summed E-state index contributed by atoms with van der Waals surface area (Å²) in [5, 5.41) is 14.3. The molecule has 0 N–H and O–H groups in total. The Balaban J connectivity index is 0.949. The standard InChI is InChI=1S/C37H42N8O3/c1-41(2)34(25-6-4-3-5-7-25)16-36(46)45-30-14-31(45)21-42(20-30)35-11-8-26(18-39-35)33-15-32(22-44-37(33)27(17-38)19-40-44)48-13-12-43-28-9-10-29(43)24-47-23-28/h3-8,11,15,18-19,22,28-31,34H,9-10,12-14,16,20-21,23-24H2,1-2H3. The summed E-state index contributed by atoms with van der Waals surface area (Å²) in [5.74, 6) is 1.83. The van der Waals surface area contributed by atoms with Gasteiger partial charge in [-0.25, -0.2) is 9.50 Å². The third-order valence-electron chi connectivity index (χ3n) is 10.8. The van der Waals surface area contributed by atoms with Crippen molar-refractivity contribution >= 4 is 17.2 Å². The summed E-state index contributed by atoms with van der Waals surface area (Å²) in [4.78, 5) is 27.5. The number of fused-ring (bicyclic) bond motifs is 5. The molecule has 0 saturated carbocycles. The van der Waals surface area contributed by atoms with Crippen molar-refractivity contribution in [1.29, 1.82) is 5.26 Å². The van der Waals surface area contributed by atoms with E-state index >= 15 is 0 Å². The Hall–Kier alpha value is -4.50. The van der Waals surface area contributed by atoms with Gasteiger partial charge >= 0.3 is 0 Å². The van der Waals surface area contributed by atoms with E-state index in [-0.39, 0.29) is 24.0 Å². The van der Waals surface area contributed by atoms with Crippen LogP contribution in [0.1, 0.15) is 42.9 Å². The number of hydrogen-bond acceptors (Lipinski definition) is 9. The molecular formula is C37H42N8O3. The summed E-state index contributed by atoms with van der Waals surface area (Å²) < 4.78 is 13.8. The van der Waals surface area contributed by atoms with E-state index in [1.54, 1.807) is 10.7 Å². The third-order valence-corrected chi connectivity index (χ3v) is 10.8. The first kappa shape index (κ1) is 30.8. The molecule has 248 valence electrons. The Bertz CT molecular complexity index is 1790. The topological polar surface area (TPSA) is 102 Å². The van der Waals surface area contributed by atoms with Crippen molar-refractivity contribution in [2.75, 3.05) is 58.5 Å². The fourth-order valence-corrected chi connectivity index (χ4v) is 8.31. The van der Waals surface area contributed by atoms with Crippen LogP contribution in [0.4, 0.5) is 5.82 Å². The van der Waals surface area contributed by atoms with E-state index in [2.05, 4.69) is 49.0 Å². The molecule has 11 nitrogen and oxygen atoms in total. The summed E-state index contributed by atoms with van der Waals surface area (Å²) in [6.07, 6.45) is 9.21. The Morgan fingerprint density at radius 3 is 2.52 bits per heavy atom. The minimum Gasteiger partial charge on any atom is -0.491 e. The van der Waals surface area contributed by atoms with E-state index in [0.717, 1.165) is 61.7 Å². The molecule has 0 radical (unpaired) electrons. The van der Waals surface area contributed by atoms with Crippen molar-refractivity contribution in [1.82, 2.24) is 29.3 Å². The van der Waals surface area contributed by atoms with Crippen LogP contribution < -0.4 is 9.64 Å². The Morgan fingerprint density at radius 2 is 1.83 bits per heavy atom. The number of carbonyl (C=O) groups is 1. The highest BCUT2D eigenvalue weighted by atomic mass is 16.5. The lowest BCUT2D eigenvalue weighted by Crippen LogP contribution is -2.70. The fraction of sp³-hybridized carbons (Fsp3) is 0.459. The first-order valence-corrected chi connectivity index (χ1v) is 17.1. The summed E-state index contributed by atoms with van der Waals surface area (Å²) in [7, 11) is 4.08. The SMILES string of the molecule is CN(C)C(CC(=O)N1C2CC1CN(c1ccc(-c3cc(OCCN4C5CCC4COC5)cn4ncc(C#N)c34)cn1)C2)c1ccccc1. The van der Waals surface area contributed by atoms with E-state index in [1.165, 1.54) is 18.4 Å². The monoisotopic (exact) mass is 646 g/mol. The quantitative estimate of drug-likeness (QED) is 0.253. The molecule has 9 rings (SSSR count). The van der Waals surface area contributed by atoms with E-state index in [1.807, 2.05) is 56.8 Å². The number of benzene rings is 1. The zero-order valence-electron chi connectivity index (χ0n) is 27.6. The second-order valence-corrected chi connectivity index (χ2v) is 13.8. The number of morpholine rings is 1. The summed E-state index contributed by atoms with van der Waals surface area (Å²) in [6.45, 7) is 4.58. The highest BCUT2D eigenvalue weighted by Gasteiger charge is 2.47. The number of rotatable bonds is 10. The number of anilines is 1. The van der Waals surface area contributed by atoms with Crippen LogP contribution in [0.5, 0.6) is 5.75 Å². The van der Waals surface area contributed by atoms with Gasteiger partial charge in [-0.1, -0.05) is 30.3 Å². The predicted molar refractivity (Wildman–Crippen MR) is 182 cm³/mol. The second-order valence-electron chi connectivity index (χ2n) is 13.8. The minimum absolute atomic E-state index is 0.0536. The van der Waals surface area contributed by atoms with Gasteiger partial charge in [0.25, 0.3) is 0 Å². The molecule has 5 aliphatic rings. The van der Waals surface area contributed by atoms with Crippen molar-refractivity contribution in [3.63, 3.8) is 0 Å².